The highest BCUT2D eigenvalue weighted by Crippen LogP contribution is 2.24. The van der Waals surface area contributed by atoms with E-state index in [2.05, 4.69) is 32.2 Å². The van der Waals surface area contributed by atoms with Crippen molar-refractivity contribution < 1.29 is 9.53 Å². The van der Waals surface area contributed by atoms with Gasteiger partial charge in [0, 0.05) is 30.2 Å². The number of nitrogens with two attached hydrogens (primary N) is 1. The number of nitrogen functional groups attached to an aromatic ring is 1. The zero-order valence-electron chi connectivity index (χ0n) is 21.5. The average molecular weight is 520 g/mol. The van der Waals surface area contributed by atoms with Gasteiger partial charge in [-0.2, -0.15) is 10.1 Å². The number of pyridine rings is 1. The molecule has 0 radical (unpaired) electrons. The lowest BCUT2D eigenvalue weighted by atomic mass is 10.0. The molecule has 1 amide bonds. The minimum atomic E-state index is -0.594. The van der Waals surface area contributed by atoms with Crippen LogP contribution in [-0.4, -0.2) is 37.3 Å². The Labute approximate surface area is 224 Å². The van der Waals surface area contributed by atoms with E-state index in [-0.39, 0.29) is 23.0 Å². The largest absolute Gasteiger partial charge is 0.480 e. The van der Waals surface area contributed by atoms with Crippen LogP contribution in [0.15, 0.2) is 78.0 Å². The summed E-state index contributed by atoms with van der Waals surface area (Å²) in [6.07, 6.45) is 4.80. The van der Waals surface area contributed by atoms with Crippen molar-refractivity contribution >= 4 is 22.5 Å². The third kappa shape index (κ3) is 5.06. The van der Waals surface area contributed by atoms with E-state index in [1.165, 1.54) is 13.3 Å². The number of para-hydroxylation sites is 1. The number of carbonyl (C=O) groups is 1. The Bertz CT molecular complexity index is 1810. The van der Waals surface area contributed by atoms with E-state index in [1.54, 1.807) is 22.4 Å². The standard InChI is InChI=1S/C29H25N7O3/c1-18(33-28(37)26-27(30)34-24(39-3)16-31-26)23-14-21-9-7-8-20(13-12-19-15-32-35(2)17-19)25(21)29(38)36(23)22-10-5-4-6-11-22/h4-11,14-18H,1-3H3,(H2,30,34)(H,33,37)/t18-/m1/s1. The van der Waals surface area contributed by atoms with Gasteiger partial charge in [-0.3, -0.25) is 18.8 Å². The molecule has 39 heavy (non-hydrogen) atoms. The van der Waals surface area contributed by atoms with Crippen LogP contribution in [0.2, 0.25) is 0 Å². The Balaban J connectivity index is 1.62. The predicted molar refractivity (Wildman–Crippen MR) is 148 cm³/mol. The number of aryl methyl sites for hydroxylation is 1. The topological polar surface area (TPSA) is 130 Å². The molecule has 194 valence electrons. The highest BCUT2D eigenvalue weighted by Gasteiger charge is 2.22. The van der Waals surface area contributed by atoms with Crippen molar-refractivity contribution in [3.8, 4) is 23.4 Å². The van der Waals surface area contributed by atoms with Crippen molar-refractivity contribution in [2.75, 3.05) is 12.8 Å². The average Bonchev–Trinajstić information content (AvgIpc) is 3.36. The van der Waals surface area contributed by atoms with Crippen LogP contribution < -0.4 is 21.3 Å². The van der Waals surface area contributed by atoms with E-state index in [4.69, 9.17) is 10.5 Å². The number of methoxy groups -OCH3 is 1. The van der Waals surface area contributed by atoms with E-state index in [1.807, 2.05) is 67.8 Å². The number of rotatable bonds is 5. The van der Waals surface area contributed by atoms with Crippen LogP contribution in [0.25, 0.3) is 16.5 Å². The number of nitrogens with one attached hydrogen (secondary N) is 1. The van der Waals surface area contributed by atoms with Gasteiger partial charge in [-0.1, -0.05) is 42.2 Å². The van der Waals surface area contributed by atoms with Gasteiger partial charge in [0.2, 0.25) is 5.88 Å². The minimum absolute atomic E-state index is 0.0370. The first-order chi connectivity index (χ1) is 18.9. The van der Waals surface area contributed by atoms with Gasteiger partial charge in [-0.25, -0.2) is 4.98 Å². The summed E-state index contributed by atoms with van der Waals surface area (Å²) in [7, 11) is 3.25. The van der Waals surface area contributed by atoms with Gasteiger partial charge in [0.15, 0.2) is 11.5 Å². The first-order valence-corrected chi connectivity index (χ1v) is 12.1. The summed E-state index contributed by atoms with van der Waals surface area (Å²) in [6, 6.07) is 16.0. The molecule has 0 unspecified atom stereocenters. The van der Waals surface area contributed by atoms with Gasteiger partial charge in [0.05, 0.1) is 36.5 Å². The van der Waals surface area contributed by atoms with E-state index < -0.39 is 11.9 Å². The minimum Gasteiger partial charge on any atom is -0.480 e. The monoisotopic (exact) mass is 519 g/mol. The fourth-order valence-corrected chi connectivity index (χ4v) is 4.27. The molecular weight excluding hydrogens is 494 g/mol. The molecule has 0 fully saturated rings. The van der Waals surface area contributed by atoms with Crippen LogP contribution in [0.3, 0.4) is 0 Å². The second kappa shape index (κ2) is 10.5. The van der Waals surface area contributed by atoms with Gasteiger partial charge < -0.3 is 15.8 Å². The lowest BCUT2D eigenvalue weighted by molar-refractivity contribution is 0.0934. The van der Waals surface area contributed by atoms with Crippen LogP contribution in [0, 0.1) is 11.8 Å². The Morgan fingerprint density at radius 1 is 1.10 bits per heavy atom. The number of nitrogens with zero attached hydrogens (tertiary/aromatic N) is 5. The van der Waals surface area contributed by atoms with Crippen LogP contribution in [-0.2, 0) is 7.05 Å². The number of carbonyl (C=O) groups excluding carboxylic acids is 1. The molecule has 10 nitrogen and oxygen atoms in total. The summed E-state index contributed by atoms with van der Waals surface area (Å²) >= 11 is 0. The van der Waals surface area contributed by atoms with E-state index in [0.717, 1.165) is 5.56 Å². The molecule has 0 saturated carbocycles. The zero-order chi connectivity index (χ0) is 27.5. The van der Waals surface area contributed by atoms with Gasteiger partial charge in [0.1, 0.15) is 0 Å². The Morgan fingerprint density at radius 2 is 1.90 bits per heavy atom. The van der Waals surface area contributed by atoms with Crippen molar-refractivity contribution in [1.82, 2.24) is 29.6 Å². The van der Waals surface area contributed by atoms with Crippen LogP contribution >= 0.6 is 0 Å². The number of fused-ring (bicyclic) bond motifs is 1. The van der Waals surface area contributed by atoms with Crippen LogP contribution in [0.1, 0.15) is 40.3 Å². The lowest BCUT2D eigenvalue weighted by Crippen LogP contribution is -2.33. The van der Waals surface area contributed by atoms with Gasteiger partial charge in [-0.05, 0) is 36.6 Å². The van der Waals surface area contributed by atoms with Crippen molar-refractivity contribution in [3.63, 3.8) is 0 Å². The molecule has 3 heterocycles. The highest BCUT2D eigenvalue weighted by molar-refractivity contribution is 5.96. The fourth-order valence-electron chi connectivity index (χ4n) is 4.27. The molecular formula is C29H25N7O3. The highest BCUT2D eigenvalue weighted by atomic mass is 16.5. The van der Waals surface area contributed by atoms with Crippen molar-refractivity contribution in [1.29, 1.82) is 0 Å². The number of ether oxygens (including phenoxy) is 1. The summed E-state index contributed by atoms with van der Waals surface area (Å²) in [5.41, 5.74) is 8.20. The number of amides is 1. The maximum atomic E-state index is 14.1. The number of benzene rings is 2. The third-order valence-electron chi connectivity index (χ3n) is 6.13. The van der Waals surface area contributed by atoms with Crippen LogP contribution in [0.4, 0.5) is 5.82 Å². The Hall–Kier alpha value is -5.43. The Kier molecular flexibility index (Phi) is 6.80. The normalized spacial score (nSPS) is 11.5. The summed E-state index contributed by atoms with van der Waals surface area (Å²) in [4.78, 5) is 35.3. The Morgan fingerprint density at radius 3 is 2.59 bits per heavy atom. The summed E-state index contributed by atoms with van der Waals surface area (Å²) in [5, 5.41) is 8.22. The van der Waals surface area contributed by atoms with E-state index in [9.17, 15) is 9.59 Å². The molecule has 0 bridgehead atoms. The fraction of sp³-hybridized carbons (Fsp3) is 0.138. The summed E-state index contributed by atoms with van der Waals surface area (Å²) in [6.45, 7) is 1.79. The van der Waals surface area contributed by atoms with Crippen molar-refractivity contribution in [3.05, 3.63) is 106 Å². The lowest BCUT2D eigenvalue weighted by Gasteiger charge is -2.21. The van der Waals surface area contributed by atoms with E-state index >= 15 is 0 Å². The summed E-state index contributed by atoms with van der Waals surface area (Å²) in [5.74, 6) is 5.82. The molecule has 10 heteroatoms. The molecule has 5 rings (SSSR count). The third-order valence-corrected chi connectivity index (χ3v) is 6.13. The SMILES string of the molecule is COc1cnc(C(=O)N[C@H](C)c2cc3cccc(C#Cc4cnn(C)c4)c3c(=O)n2-c2ccccc2)c(N)n1. The second-order valence-corrected chi connectivity index (χ2v) is 8.81. The molecule has 3 N–H and O–H groups in total. The maximum absolute atomic E-state index is 14.1. The van der Waals surface area contributed by atoms with Crippen LogP contribution in [0.5, 0.6) is 5.88 Å². The molecule has 5 aromatic rings. The molecule has 0 aliphatic carbocycles. The molecule has 2 aromatic carbocycles. The second-order valence-electron chi connectivity index (χ2n) is 8.81. The predicted octanol–water partition coefficient (Wildman–Crippen LogP) is 3.00. The number of hydrogen-bond donors (Lipinski definition) is 2. The molecule has 0 aliphatic heterocycles. The number of aromatic nitrogens is 5. The first kappa shape index (κ1) is 25.2. The zero-order valence-corrected chi connectivity index (χ0v) is 21.5. The quantitative estimate of drug-likeness (QED) is 0.342. The van der Waals surface area contributed by atoms with E-state index in [0.29, 0.717) is 27.7 Å². The van der Waals surface area contributed by atoms with Gasteiger partial charge >= 0.3 is 0 Å². The van der Waals surface area contributed by atoms with Crippen molar-refractivity contribution in [2.24, 2.45) is 7.05 Å². The number of hydrogen-bond acceptors (Lipinski definition) is 7. The molecule has 3 aromatic heterocycles. The molecule has 0 saturated heterocycles. The van der Waals surface area contributed by atoms with Crippen molar-refractivity contribution in [2.45, 2.75) is 13.0 Å². The first-order valence-electron chi connectivity index (χ1n) is 12.1. The summed E-state index contributed by atoms with van der Waals surface area (Å²) < 4.78 is 8.27. The smallest absolute Gasteiger partial charge is 0.274 e. The van der Waals surface area contributed by atoms with Gasteiger partial charge in [-0.15, -0.1) is 0 Å². The maximum Gasteiger partial charge on any atom is 0.274 e. The molecule has 1 atom stereocenters. The van der Waals surface area contributed by atoms with Gasteiger partial charge in [0.25, 0.3) is 11.5 Å². The number of anilines is 1. The molecule has 0 aliphatic rings. The molecule has 0 spiro atoms.